The SMILES string of the molecule is CCS(=O)(=O)[C@@](Br)(I)[C@@H](O)c1ccccc1. The van der Waals surface area contributed by atoms with Crippen molar-refractivity contribution >= 4 is 48.4 Å². The molecule has 16 heavy (non-hydrogen) atoms. The van der Waals surface area contributed by atoms with Crippen molar-refractivity contribution in [3.8, 4) is 0 Å². The maximum Gasteiger partial charge on any atom is 0.207 e. The van der Waals surface area contributed by atoms with Crippen molar-refractivity contribution in [3.05, 3.63) is 35.9 Å². The predicted molar refractivity (Wildman–Crippen MR) is 76.5 cm³/mol. The largest absolute Gasteiger partial charge is 0.385 e. The lowest BCUT2D eigenvalue weighted by Gasteiger charge is -2.26. The van der Waals surface area contributed by atoms with Gasteiger partial charge in [-0.1, -0.05) is 53.2 Å². The van der Waals surface area contributed by atoms with Crippen LogP contribution in [-0.4, -0.2) is 20.9 Å². The second-order valence-corrected chi connectivity index (χ2v) is 11.4. The second-order valence-electron chi connectivity index (χ2n) is 3.28. The summed E-state index contributed by atoms with van der Waals surface area (Å²) in [5, 5.41) is 10.1. The van der Waals surface area contributed by atoms with E-state index in [4.69, 9.17) is 0 Å². The number of aliphatic hydroxyl groups excluding tert-OH is 1. The molecule has 2 atom stereocenters. The number of aliphatic hydroxyl groups is 1. The van der Waals surface area contributed by atoms with E-state index in [1.54, 1.807) is 53.8 Å². The van der Waals surface area contributed by atoms with Gasteiger partial charge in [0.25, 0.3) is 0 Å². The summed E-state index contributed by atoms with van der Waals surface area (Å²) < 4.78 is 22.3. The van der Waals surface area contributed by atoms with Crippen molar-refractivity contribution in [3.63, 3.8) is 0 Å². The lowest BCUT2D eigenvalue weighted by Crippen LogP contribution is -2.33. The lowest BCUT2D eigenvalue weighted by molar-refractivity contribution is 0.191. The molecule has 0 radical (unpaired) electrons. The third kappa shape index (κ3) is 2.77. The molecule has 3 nitrogen and oxygen atoms in total. The van der Waals surface area contributed by atoms with Crippen LogP contribution in [0.4, 0.5) is 0 Å². The number of alkyl halides is 2. The average molecular weight is 419 g/mol. The van der Waals surface area contributed by atoms with E-state index in [1.165, 1.54) is 0 Å². The summed E-state index contributed by atoms with van der Waals surface area (Å²) in [6.07, 6.45) is -1.10. The van der Waals surface area contributed by atoms with Gasteiger partial charge >= 0.3 is 0 Å². The molecule has 0 bridgehead atoms. The van der Waals surface area contributed by atoms with E-state index >= 15 is 0 Å². The number of benzene rings is 1. The summed E-state index contributed by atoms with van der Waals surface area (Å²) in [6.45, 7) is 1.56. The first-order chi connectivity index (χ1) is 7.33. The molecule has 6 heteroatoms. The first-order valence-electron chi connectivity index (χ1n) is 4.66. The molecule has 0 aliphatic heterocycles. The fraction of sp³-hybridized carbons (Fsp3) is 0.400. The molecular formula is C10H12BrIO3S. The third-order valence-corrected chi connectivity index (χ3v) is 8.56. The highest BCUT2D eigenvalue weighted by Crippen LogP contribution is 2.44. The molecule has 1 aromatic carbocycles. The molecule has 0 aliphatic carbocycles. The van der Waals surface area contributed by atoms with Crippen LogP contribution in [0.5, 0.6) is 0 Å². The van der Waals surface area contributed by atoms with E-state index in [9.17, 15) is 13.5 Å². The Labute approximate surface area is 117 Å². The molecule has 0 amide bonds. The zero-order valence-corrected chi connectivity index (χ0v) is 13.2. The highest BCUT2D eigenvalue weighted by atomic mass is 127. The average Bonchev–Trinajstić information content (AvgIpc) is 2.29. The van der Waals surface area contributed by atoms with Gasteiger partial charge in [-0.3, -0.25) is 0 Å². The molecule has 1 N–H and O–H groups in total. The van der Waals surface area contributed by atoms with Crippen LogP contribution < -0.4 is 0 Å². The number of rotatable bonds is 4. The molecule has 1 aromatic rings. The normalized spacial score (nSPS) is 17.8. The summed E-state index contributed by atoms with van der Waals surface area (Å²) in [6, 6.07) is 8.73. The summed E-state index contributed by atoms with van der Waals surface area (Å²) >= 11 is 4.84. The Balaban J connectivity index is 3.11. The van der Waals surface area contributed by atoms with E-state index in [0.717, 1.165) is 0 Å². The van der Waals surface area contributed by atoms with Crippen molar-refractivity contribution in [2.45, 2.75) is 14.7 Å². The quantitative estimate of drug-likeness (QED) is 0.604. The molecule has 0 aliphatic rings. The van der Waals surface area contributed by atoms with E-state index in [-0.39, 0.29) is 5.75 Å². The highest BCUT2D eigenvalue weighted by molar-refractivity contribution is 14.1. The maximum atomic E-state index is 11.8. The Kier molecular flexibility index (Phi) is 4.79. The molecule has 0 aromatic heterocycles. The molecule has 0 unspecified atom stereocenters. The van der Waals surface area contributed by atoms with Gasteiger partial charge in [0.1, 0.15) is 6.10 Å². The monoisotopic (exact) mass is 418 g/mol. The van der Waals surface area contributed by atoms with Gasteiger partial charge in [-0.05, 0) is 28.2 Å². The van der Waals surface area contributed by atoms with Crippen LogP contribution in [0.1, 0.15) is 18.6 Å². The van der Waals surface area contributed by atoms with Crippen molar-refractivity contribution in [2.24, 2.45) is 0 Å². The van der Waals surface area contributed by atoms with E-state index < -0.39 is 17.6 Å². The van der Waals surface area contributed by atoms with Gasteiger partial charge in [0.15, 0.2) is 9.84 Å². The first kappa shape index (κ1) is 14.4. The first-order valence-corrected chi connectivity index (χ1v) is 8.18. The number of hydrogen-bond donors (Lipinski definition) is 1. The molecule has 0 saturated heterocycles. The van der Waals surface area contributed by atoms with Gasteiger partial charge in [0.05, 0.1) is 0 Å². The molecule has 90 valence electrons. The van der Waals surface area contributed by atoms with Crippen LogP contribution in [0.25, 0.3) is 0 Å². The Morgan fingerprint density at radius 2 is 1.94 bits per heavy atom. The van der Waals surface area contributed by atoms with E-state index in [1.807, 2.05) is 6.07 Å². The van der Waals surface area contributed by atoms with Crippen LogP contribution in [0.3, 0.4) is 0 Å². The van der Waals surface area contributed by atoms with Crippen LogP contribution >= 0.6 is 38.5 Å². The van der Waals surface area contributed by atoms with Gasteiger partial charge < -0.3 is 5.11 Å². The smallest absolute Gasteiger partial charge is 0.207 e. The number of hydrogen-bond acceptors (Lipinski definition) is 3. The fourth-order valence-electron chi connectivity index (χ4n) is 1.19. The summed E-state index contributed by atoms with van der Waals surface area (Å²) in [4.78, 5) is 0. The zero-order valence-electron chi connectivity index (χ0n) is 8.60. The summed E-state index contributed by atoms with van der Waals surface area (Å²) in [7, 11) is -3.39. The van der Waals surface area contributed by atoms with E-state index in [2.05, 4.69) is 15.9 Å². The molecule has 1 rings (SSSR count). The molecule has 0 spiro atoms. The summed E-state index contributed by atoms with van der Waals surface area (Å²) in [5.41, 5.74) is 0.575. The topological polar surface area (TPSA) is 54.4 Å². The Morgan fingerprint density at radius 1 is 1.44 bits per heavy atom. The molecule has 0 fully saturated rings. The zero-order chi connectivity index (χ0) is 12.4. The number of sulfone groups is 1. The van der Waals surface area contributed by atoms with Gasteiger partial charge in [0.2, 0.25) is 1.66 Å². The Bertz CT molecular complexity index is 444. The van der Waals surface area contributed by atoms with Gasteiger partial charge in [-0.25, -0.2) is 8.42 Å². The highest BCUT2D eigenvalue weighted by Gasteiger charge is 2.44. The molecule has 0 saturated carbocycles. The summed E-state index contributed by atoms with van der Waals surface area (Å²) in [5.74, 6) is -0.0227. The van der Waals surface area contributed by atoms with Gasteiger partial charge in [-0.15, -0.1) is 0 Å². The third-order valence-electron chi connectivity index (χ3n) is 2.23. The Morgan fingerprint density at radius 3 is 2.38 bits per heavy atom. The molecular weight excluding hydrogens is 407 g/mol. The standard InChI is InChI=1S/C10H12BrIO3S/c1-2-16(14,15)10(11,12)9(13)8-6-4-3-5-7-8/h3-7,9,13H,2H2,1H3/t9-,10-/m0/s1. The minimum absolute atomic E-state index is 0.0227. The minimum atomic E-state index is -3.39. The minimum Gasteiger partial charge on any atom is -0.385 e. The van der Waals surface area contributed by atoms with Gasteiger partial charge in [-0.2, -0.15) is 0 Å². The lowest BCUT2D eigenvalue weighted by atomic mass is 10.1. The Hall–Kier alpha value is 0.340. The van der Waals surface area contributed by atoms with Crippen molar-refractivity contribution < 1.29 is 13.5 Å². The van der Waals surface area contributed by atoms with E-state index in [0.29, 0.717) is 5.56 Å². The van der Waals surface area contributed by atoms with Crippen LogP contribution in [-0.2, 0) is 9.84 Å². The van der Waals surface area contributed by atoms with Crippen molar-refractivity contribution in [1.82, 2.24) is 0 Å². The second kappa shape index (κ2) is 5.32. The fourth-order valence-corrected chi connectivity index (χ4v) is 4.30. The number of halogens is 2. The van der Waals surface area contributed by atoms with Crippen molar-refractivity contribution in [2.75, 3.05) is 5.75 Å². The van der Waals surface area contributed by atoms with Crippen LogP contribution in [0.15, 0.2) is 30.3 Å². The van der Waals surface area contributed by atoms with Gasteiger partial charge in [0, 0.05) is 5.75 Å². The molecule has 0 heterocycles. The van der Waals surface area contributed by atoms with Crippen molar-refractivity contribution in [1.29, 1.82) is 0 Å². The predicted octanol–water partition coefficient (Wildman–Crippen LogP) is 2.64. The van der Waals surface area contributed by atoms with Crippen LogP contribution in [0, 0.1) is 0 Å². The maximum absolute atomic E-state index is 11.8. The van der Waals surface area contributed by atoms with Crippen LogP contribution in [0.2, 0.25) is 0 Å².